The molecule has 0 bridgehead atoms. The first-order chi connectivity index (χ1) is 8.97. The van der Waals surface area contributed by atoms with Gasteiger partial charge in [-0.2, -0.15) is 0 Å². The Kier molecular flexibility index (Phi) is 5.66. The van der Waals surface area contributed by atoms with Crippen LogP contribution in [-0.4, -0.2) is 31.2 Å². The number of esters is 1. The number of amides is 1. The predicted molar refractivity (Wildman–Crippen MR) is 67.9 cm³/mol. The second kappa shape index (κ2) is 7.25. The van der Waals surface area contributed by atoms with Crippen molar-refractivity contribution in [1.29, 1.82) is 0 Å². The molecule has 1 aromatic rings. The molecule has 0 atom stereocenters. The van der Waals surface area contributed by atoms with Gasteiger partial charge in [-0.3, -0.25) is 4.79 Å². The normalized spacial score (nSPS) is 10.1. The minimum Gasteiger partial charge on any atom is -0.484 e. The van der Waals surface area contributed by atoms with Crippen LogP contribution in [0.25, 0.3) is 0 Å². The zero-order valence-electron chi connectivity index (χ0n) is 10.9. The fraction of sp³-hybridized carbons (Fsp3) is 0.385. The number of primary amides is 1. The quantitative estimate of drug-likeness (QED) is 0.741. The lowest BCUT2D eigenvalue weighted by atomic mass is 10.3. The molecule has 2 N–H and O–H groups in total. The van der Waals surface area contributed by atoms with Gasteiger partial charge in [-0.1, -0.05) is 0 Å². The van der Waals surface area contributed by atoms with Crippen molar-refractivity contribution >= 4 is 11.9 Å². The largest absolute Gasteiger partial charge is 0.484 e. The van der Waals surface area contributed by atoms with Gasteiger partial charge in [0.2, 0.25) is 0 Å². The lowest BCUT2D eigenvalue weighted by Gasteiger charge is -2.09. The fourth-order valence-electron chi connectivity index (χ4n) is 1.23. The molecule has 104 valence electrons. The Bertz CT molecular complexity index is 427. The molecule has 0 aliphatic carbocycles. The SMILES string of the molecule is CC(C)OC(=O)COc1ccc(OCC(N)=O)cc1. The first kappa shape index (κ1) is 14.8. The Hall–Kier alpha value is -2.24. The van der Waals surface area contributed by atoms with Crippen LogP contribution in [0.3, 0.4) is 0 Å². The molecule has 0 saturated heterocycles. The van der Waals surface area contributed by atoms with Gasteiger partial charge >= 0.3 is 5.97 Å². The highest BCUT2D eigenvalue weighted by Gasteiger charge is 2.06. The highest BCUT2D eigenvalue weighted by atomic mass is 16.6. The third-order valence-electron chi connectivity index (χ3n) is 1.93. The average molecular weight is 267 g/mol. The van der Waals surface area contributed by atoms with E-state index < -0.39 is 11.9 Å². The molecule has 0 aliphatic rings. The summed E-state index contributed by atoms with van der Waals surface area (Å²) < 4.78 is 15.2. The molecule has 0 radical (unpaired) electrons. The van der Waals surface area contributed by atoms with Crippen molar-refractivity contribution in [2.45, 2.75) is 20.0 Å². The maximum Gasteiger partial charge on any atom is 0.344 e. The molecule has 0 aliphatic heterocycles. The lowest BCUT2D eigenvalue weighted by molar-refractivity contribution is -0.149. The van der Waals surface area contributed by atoms with E-state index in [9.17, 15) is 9.59 Å². The van der Waals surface area contributed by atoms with Crippen LogP contribution in [0.1, 0.15) is 13.8 Å². The lowest BCUT2D eigenvalue weighted by Crippen LogP contribution is -2.20. The predicted octanol–water partition coefficient (Wildman–Crippen LogP) is 0.881. The first-order valence-electron chi connectivity index (χ1n) is 5.81. The fourth-order valence-corrected chi connectivity index (χ4v) is 1.23. The number of benzene rings is 1. The number of ether oxygens (including phenoxy) is 3. The standard InChI is InChI=1S/C13H17NO5/c1-9(2)19-13(16)8-18-11-5-3-10(4-6-11)17-7-12(14)15/h3-6,9H,7-8H2,1-2H3,(H2,14,15). The van der Waals surface area contributed by atoms with Crippen molar-refractivity contribution in [1.82, 2.24) is 0 Å². The Morgan fingerprint density at radius 1 is 1.05 bits per heavy atom. The van der Waals surface area contributed by atoms with Gasteiger partial charge in [-0.15, -0.1) is 0 Å². The van der Waals surface area contributed by atoms with Crippen LogP contribution < -0.4 is 15.2 Å². The van der Waals surface area contributed by atoms with Crippen LogP contribution in [0.5, 0.6) is 11.5 Å². The molecule has 6 heteroatoms. The van der Waals surface area contributed by atoms with Crippen LogP contribution in [0.15, 0.2) is 24.3 Å². The smallest absolute Gasteiger partial charge is 0.344 e. The van der Waals surface area contributed by atoms with Crippen molar-refractivity contribution < 1.29 is 23.8 Å². The van der Waals surface area contributed by atoms with Crippen LogP contribution >= 0.6 is 0 Å². The summed E-state index contributed by atoms with van der Waals surface area (Å²) in [6.45, 7) is 3.20. The third-order valence-corrected chi connectivity index (χ3v) is 1.93. The molecular formula is C13H17NO5. The van der Waals surface area contributed by atoms with Crippen molar-refractivity contribution in [3.8, 4) is 11.5 Å². The van der Waals surface area contributed by atoms with E-state index in [0.717, 1.165) is 0 Å². The summed E-state index contributed by atoms with van der Waals surface area (Å²) in [6.07, 6.45) is -0.166. The minimum atomic E-state index is -0.545. The van der Waals surface area contributed by atoms with E-state index in [1.165, 1.54) is 0 Å². The highest BCUT2D eigenvalue weighted by molar-refractivity contribution is 5.75. The summed E-state index contributed by atoms with van der Waals surface area (Å²) in [5, 5.41) is 0. The average Bonchev–Trinajstić information content (AvgIpc) is 2.34. The van der Waals surface area contributed by atoms with Crippen LogP contribution in [0.2, 0.25) is 0 Å². The van der Waals surface area contributed by atoms with E-state index in [-0.39, 0.29) is 19.3 Å². The van der Waals surface area contributed by atoms with Crippen LogP contribution in [-0.2, 0) is 14.3 Å². The third kappa shape index (κ3) is 6.30. The van der Waals surface area contributed by atoms with Gasteiger partial charge in [-0.25, -0.2) is 4.79 Å². The van der Waals surface area contributed by atoms with Crippen LogP contribution in [0.4, 0.5) is 0 Å². The van der Waals surface area contributed by atoms with Gasteiger partial charge in [0.15, 0.2) is 13.2 Å². The van der Waals surface area contributed by atoms with Gasteiger partial charge in [0, 0.05) is 0 Å². The number of rotatable bonds is 7. The Balaban J connectivity index is 2.39. The highest BCUT2D eigenvalue weighted by Crippen LogP contribution is 2.17. The molecule has 6 nitrogen and oxygen atoms in total. The van der Waals surface area contributed by atoms with Crippen molar-refractivity contribution in [3.05, 3.63) is 24.3 Å². The van der Waals surface area contributed by atoms with Gasteiger partial charge in [-0.05, 0) is 38.1 Å². The van der Waals surface area contributed by atoms with Crippen LogP contribution in [0, 0.1) is 0 Å². The van der Waals surface area contributed by atoms with Gasteiger partial charge < -0.3 is 19.9 Å². The Morgan fingerprint density at radius 2 is 1.53 bits per heavy atom. The molecule has 0 aromatic heterocycles. The molecule has 0 saturated carbocycles. The minimum absolute atomic E-state index is 0.153. The molecular weight excluding hydrogens is 250 g/mol. The molecule has 1 amide bonds. The topological polar surface area (TPSA) is 87.8 Å². The molecule has 1 aromatic carbocycles. The van der Waals surface area contributed by atoms with E-state index in [1.807, 2.05) is 0 Å². The Labute approximate surface area is 111 Å². The summed E-state index contributed by atoms with van der Waals surface area (Å²) in [7, 11) is 0. The van der Waals surface area contributed by atoms with E-state index in [0.29, 0.717) is 11.5 Å². The molecule has 0 spiro atoms. The number of hydrogen-bond acceptors (Lipinski definition) is 5. The molecule has 1 rings (SSSR count). The van der Waals surface area contributed by atoms with E-state index in [2.05, 4.69) is 0 Å². The van der Waals surface area contributed by atoms with E-state index in [4.69, 9.17) is 19.9 Å². The van der Waals surface area contributed by atoms with Crippen molar-refractivity contribution in [3.63, 3.8) is 0 Å². The second-order valence-electron chi connectivity index (χ2n) is 4.05. The first-order valence-corrected chi connectivity index (χ1v) is 5.81. The summed E-state index contributed by atoms with van der Waals surface area (Å²) in [5.74, 6) is 0.0313. The number of carbonyl (C=O) groups is 2. The van der Waals surface area contributed by atoms with Crippen molar-refractivity contribution in [2.75, 3.05) is 13.2 Å². The maximum atomic E-state index is 11.2. The zero-order chi connectivity index (χ0) is 14.3. The van der Waals surface area contributed by atoms with Crippen molar-refractivity contribution in [2.24, 2.45) is 5.73 Å². The summed E-state index contributed by atoms with van der Waals surface area (Å²) in [6, 6.07) is 6.48. The molecule has 0 heterocycles. The van der Waals surface area contributed by atoms with Gasteiger partial charge in [0.05, 0.1) is 6.10 Å². The monoisotopic (exact) mass is 267 g/mol. The number of nitrogens with two attached hydrogens (primary N) is 1. The summed E-state index contributed by atoms with van der Waals surface area (Å²) in [5.41, 5.74) is 4.95. The number of hydrogen-bond donors (Lipinski definition) is 1. The molecule has 19 heavy (non-hydrogen) atoms. The summed E-state index contributed by atoms with van der Waals surface area (Å²) >= 11 is 0. The summed E-state index contributed by atoms with van der Waals surface area (Å²) in [4.78, 5) is 21.8. The zero-order valence-corrected chi connectivity index (χ0v) is 10.9. The molecule has 0 unspecified atom stereocenters. The maximum absolute atomic E-state index is 11.2. The second-order valence-corrected chi connectivity index (χ2v) is 4.05. The Morgan fingerprint density at radius 3 is 1.95 bits per heavy atom. The van der Waals surface area contributed by atoms with E-state index >= 15 is 0 Å². The number of carbonyl (C=O) groups excluding carboxylic acids is 2. The van der Waals surface area contributed by atoms with E-state index in [1.54, 1.807) is 38.1 Å². The van der Waals surface area contributed by atoms with Gasteiger partial charge in [0.1, 0.15) is 11.5 Å². The van der Waals surface area contributed by atoms with Gasteiger partial charge in [0.25, 0.3) is 5.91 Å². The molecule has 0 fully saturated rings.